The van der Waals surface area contributed by atoms with Gasteiger partial charge in [0.1, 0.15) is 0 Å². The first-order valence-corrected chi connectivity index (χ1v) is 7.10. The Morgan fingerprint density at radius 2 is 1.95 bits per heavy atom. The topological polar surface area (TPSA) is 63.3 Å². The maximum absolute atomic E-state index is 5.92. The van der Waals surface area contributed by atoms with Crippen LogP contribution in [0.5, 0.6) is 0 Å². The van der Waals surface area contributed by atoms with Crippen molar-refractivity contribution < 1.29 is 0 Å². The summed E-state index contributed by atoms with van der Waals surface area (Å²) in [5.74, 6) is 0.449. The smallest absolute Gasteiger partial charge is 0.193 e. The van der Waals surface area contributed by atoms with E-state index in [1.54, 1.807) is 0 Å². The van der Waals surface area contributed by atoms with Crippen LogP contribution in [0.15, 0.2) is 41.7 Å². The fourth-order valence-corrected chi connectivity index (χ4v) is 2.09. The van der Waals surface area contributed by atoms with Gasteiger partial charge in [0, 0.05) is 24.6 Å². The fourth-order valence-electron chi connectivity index (χ4n) is 2.09. The predicted molar refractivity (Wildman–Crippen MR) is 88.7 cm³/mol. The Labute approximate surface area is 126 Å². The lowest BCUT2D eigenvalue weighted by Crippen LogP contribution is -2.23. The van der Waals surface area contributed by atoms with Crippen molar-refractivity contribution in [2.75, 3.05) is 11.9 Å². The number of nitrogens with zero attached hydrogens (tertiary/aromatic N) is 2. The number of hydrogen-bond donors (Lipinski definition) is 2. The molecule has 0 saturated carbocycles. The average Bonchev–Trinajstić information content (AvgIpc) is 2.45. The molecule has 2 rings (SSSR count). The third kappa shape index (κ3) is 4.31. The molecule has 1 heterocycles. The van der Waals surface area contributed by atoms with Crippen LogP contribution in [-0.4, -0.2) is 17.5 Å². The SMILES string of the molecule is Cc1ccc(NC(N)=NCCc2ccncc2C)cc1C. The van der Waals surface area contributed by atoms with Crippen LogP contribution in [0.25, 0.3) is 0 Å². The second-order valence-electron chi connectivity index (χ2n) is 5.24. The van der Waals surface area contributed by atoms with E-state index in [1.807, 2.05) is 24.5 Å². The lowest BCUT2D eigenvalue weighted by molar-refractivity contribution is 0.948. The number of aliphatic imine (C=N–C) groups is 1. The molecule has 0 unspecified atom stereocenters. The van der Waals surface area contributed by atoms with Gasteiger partial charge >= 0.3 is 0 Å². The van der Waals surface area contributed by atoms with Gasteiger partial charge in [-0.15, -0.1) is 0 Å². The minimum atomic E-state index is 0.449. The summed E-state index contributed by atoms with van der Waals surface area (Å²) in [6, 6.07) is 8.19. The molecular formula is C17H22N4. The number of guanidine groups is 1. The highest BCUT2D eigenvalue weighted by Gasteiger charge is 1.99. The number of nitrogens with two attached hydrogens (primary N) is 1. The van der Waals surface area contributed by atoms with Gasteiger partial charge in [0.25, 0.3) is 0 Å². The highest BCUT2D eigenvalue weighted by molar-refractivity contribution is 5.92. The van der Waals surface area contributed by atoms with E-state index in [9.17, 15) is 0 Å². The highest BCUT2D eigenvalue weighted by atomic mass is 15.1. The molecule has 0 saturated heterocycles. The quantitative estimate of drug-likeness (QED) is 0.669. The first-order valence-electron chi connectivity index (χ1n) is 7.10. The van der Waals surface area contributed by atoms with Crippen molar-refractivity contribution in [1.82, 2.24) is 4.98 Å². The van der Waals surface area contributed by atoms with E-state index in [-0.39, 0.29) is 0 Å². The van der Waals surface area contributed by atoms with Crippen LogP contribution in [0.3, 0.4) is 0 Å². The lowest BCUT2D eigenvalue weighted by atomic mass is 10.1. The molecule has 0 atom stereocenters. The summed E-state index contributed by atoms with van der Waals surface area (Å²) in [4.78, 5) is 8.46. The first-order chi connectivity index (χ1) is 10.1. The molecular weight excluding hydrogens is 260 g/mol. The molecule has 4 heteroatoms. The normalized spacial score (nSPS) is 11.5. The van der Waals surface area contributed by atoms with Gasteiger partial charge < -0.3 is 11.1 Å². The number of rotatable bonds is 4. The number of nitrogens with one attached hydrogen (secondary N) is 1. The van der Waals surface area contributed by atoms with Gasteiger partial charge in [-0.25, -0.2) is 0 Å². The summed E-state index contributed by atoms with van der Waals surface area (Å²) in [5, 5.41) is 3.13. The van der Waals surface area contributed by atoms with Gasteiger partial charge in [-0.05, 0) is 67.6 Å². The van der Waals surface area contributed by atoms with Crippen LogP contribution >= 0.6 is 0 Å². The molecule has 0 aliphatic rings. The molecule has 0 aliphatic heterocycles. The van der Waals surface area contributed by atoms with Crippen molar-refractivity contribution in [3.05, 3.63) is 58.9 Å². The minimum Gasteiger partial charge on any atom is -0.370 e. The third-order valence-electron chi connectivity index (χ3n) is 3.58. The van der Waals surface area contributed by atoms with E-state index in [4.69, 9.17) is 5.73 Å². The molecule has 0 aliphatic carbocycles. The summed E-state index contributed by atoms with van der Waals surface area (Å²) in [5.41, 5.74) is 11.8. The van der Waals surface area contributed by atoms with E-state index in [1.165, 1.54) is 22.3 Å². The van der Waals surface area contributed by atoms with Crippen LogP contribution in [-0.2, 0) is 6.42 Å². The van der Waals surface area contributed by atoms with Gasteiger partial charge in [-0.3, -0.25) is 9.98 Å². The van der Waals surface area contributed by atoms with Gasteiger partial charge in [0.05, 0.1) is 0 Å². The van der Waals surface area contributed by atoms with E-state index in [2.05, 4.69) is 48.2 Å². The first kappa shape index (κ1) is 15.0. The Bertz CT molecular complexity index is 647. The maximum Gasteiger partial charge on any atom is 0.193 e. The van der Waals surface area contributed by atoms with Crippen molar-refractivity contribution in [2.45, 2.75) is 27.2 Å². The van der Waals surface area contributed by atoms with Crippen molar-refractivity contribution >= 4 is 11.6 Å². The van der Waals surface area contributed by atoms with E-state index in [0.717, 1.165) is 12.1 Å². The number of aryl methyl sites for hydroxylation is 3. The Balaban J connectivity index is 1.92. The molecule has 21 heavy (non-hydrogen) atoms. The van der Waals surface area contributed by atoms with E-state index < -0.39 is 0 Å². The molecule has 1 aromatic carbocycles. The Hall–Kier alpha value is -2.36. The minimum absolute atomic E-state index is 0.449. The predicted octanol–water partition coefficient (Wildman–Crippen LogP) is 2.98. The van der Waals surface area contributed by atoms with Crippen LogP contribution in [0.1, 0.15) is 22.3 Å². The Morgan fingerprint density at radius 3 is 2.67 bits per heavy atom. The summed E-state index contributed by atoms with van der Waals surface area (Å²) < 4.78 is 0. The zero-order valence-electron chi connectivity index (χ0n) is 12.9. The molecule has 110 valence electrons. The van der Waals surface area contributed by atoms with Crippen LogP contribution in [0.4, 0.5) is 5.69 Å². The monoisotopic (exact) mass is 282 g/mol. The number of pyridine rings is 1. The fraction of sp³-hybridized carbons (Fsp3) is 0.294. The molecule has 1 aromatic heterocycles. The molecule has 0 amide bonds. The second kappa shape index (κ2) is 6.88. The number of anilines is 1. The van der Waals surface area contributed by atoms with Crippen LogP contribution in [0, 0.1) is 20.8 Å². The van der Waals surface area contributed by atoms with Crippen LogP contribution < -0.4 is 11.1 Å². The maximum atomic E-state index is 5.92. The third-order valence-corrected chi connectivity index (χ3v) is 3.58. The Morgan fingerprint density at radius 1 is 1.14 bits per heavy atom. The number of aromatic nitrogens is 1. The van der Waals surface area contributed by atoms with Crippen molar-refractivity contribution in [3.63, 3.8) is 0 Å². The van der Waals surface area contributed by atoms with Crippen molar-refractivity contribution in [2.24, 2.45) is 10.7 Å². The van der Waals surface area contributed by atoms with Crippen LogP contribution in [0.2, 0.25) is 0 Å². The molecule has 4 nitrogen and oxygen atoms in total. The van der Waals surface area contributed by atoms with Gasteiger partial charge in [-0.1, -0.05) is 6.07 Å². The lowest BCUT2D eigenvalue weighted by Gasteiger charge is -2.08. The number of benzene rings is 1. The summed E-state index contributed by atoms with van der Waals surface area (Å²) in [6.45, 7) is 6.89. The van der Waals surface area contributed by atoms with Gasteiger partial charge in [0.2, 0.25) is 0 Å². The molecule has 0 radical (unpaired) electrons. The zero-order valence-corrected chi connectivity index (χ0v) is 12.9. The molecule has 2 aromatic rings. The second-order valence-corrected chi connectivity index (χ2v) is 5.24. The summed E-state index contributed by atoms with van der Waals surface area (Å²) in [6.07, 6.45) is 4.54. The summed E-state index contributed by atoms with van der Waals surface area (Å²) in [7, 11) is 0. The summed E-state index contributed by atoms with van der Waals surface area (Å²) >= 11 is 0. The molecule has 0 fully saturated rings. The molecule has 0 spiro atoms. The van der Waals surface area contributed by atoms with E-state index in [0.29, 0.717) is 12.5 Å². The standard InChI is InChI=1S/C17H22N4/c1-12-4-5-16(10-13(12)2)21-17(18)20-9-7-15-6-8-19-11-14(15)3/h4-6,8,10-11H,7,9H2,1-3H3,(H3,18,20,21). The van der Waals surface area contributed by atoms with Crippen molar-refractivity contribution in [1.29, 1.82) is 0 Å². The average molecular weight is 282 g/mol. The molecule has 0 bridgehead atoms. The zero-order chi connectivity index (χ0) is 15.2. The van der Waals surface area contributed by atoms with E-state index >= 15 is 0 Å². The molecule has 3 N–H and O–H groups in total. The van der Waals surface area contributed by atoms with Gasteiger partial charge in [0.15, 0.2) is 5.96 Å². The highest BCUT2D eigenvalue weighted by Crippen LogP contribution is 2.13. The number of hydrogen-bond acceptors (Lipinski definition) is 2. The largest absolute Gasteiger partial charge is 0.370 e. The van der Waals surface area contributed by atoms with Crippen molar-refractivity contribution in [3.8, 4) is 0 Å². The Kier molecular flexibility index (Phi) is 4.93. The van der Waals surface area contributed by atoms with Gasteiger partial charge in [-0.2, -0.15) is 0 Å².